The maximum atomic E-state index is 14.1. The lowest BCUT2D eigenvalue weighted by molar-refractivity contribution is -0.445. The van der Waals surface area contributed by atoms with E-state index in [2.05, 4.69) is 21.6 Å². The molecule has 0 radical (unpaired) electrons. The number of benzene rings is 1. The van der Waals surface area contributed by atoms with Gasteiger partial charge in [0.1, 0.15) is 0 Å². The Balaban J connectivity index is 2.41. The molecule has 7 nitrogen and oxygen atoms in total. The second kappa shape index (κ2) is 10.9. The number of nitrogens with one attached hydrogen (secondary N) is 2. The van der Waals surface area contributed by atoms with Gasteiger partial charge < -0.3 is 5.32 Å². The van der Waals surface area contributed by atoms with Gasteiger partial charge in [-0.25, -0.2) is 23.1 Å². The van der Waals surface area contributed by atoms with Crippen molar-refractivity contribution in [2.24, 2.45) is 0 Å². The number of halogens is 17. The van der Waals surface area contributed by atoms with Crippen LogP contribution in [0.3, 0.4) is 0 Å². The molecule has 0 bridgehead atoms. The molecule has 44 heavy (non-hydrogen) atoms. The lowest BCUT2D eigenvalue weighted by atomic mass is 9.89. The van der Waals surface area contributed by atoms with Gasteiger partial charge in [0.25, 0.3) is 10.0 Å². The van der Waals surface area contributed by atoms with E-state index in [1.54, 1.807) is 4.72 Å². The molecule has 2 rings (SSSR count). The number of amides is 1. The highest BCUT2D eigenvalue weighted by Crippen LogP contribution is 2.64. The second-order valence-electron chi connectivity index (χ2n) is 8.17. The number of hydrogen-bond acceptors (Lipinski definition) is 5. The molecule has 0 spiro atoms. The van der Waals surface area contributed by atoms with Crippen LogP contribution in [0.2, 0.25) is 0 Å². The van der Waals surface area contributed by atoms with Gasteiger partial charge in [-0.2, -0.15) is 70.2 Å². The number of alkyl halides is 17. The van der Waals surface area contributed by atoms with Crippen molar-refractivity contribution >= 4 is 39.2 Å². The minimum absolute atomic E-state index is 0.308. The molecule has 248 valence electrons. The van der Waals surface area contributed by atoms with Gasteiger partial charge in [0.05, 0.1) is 4.90 Å². The Kier molecular flexibility index (Phi) is 9.17. The zero-order chi connectivity index (χ0) is 34.6. The van der Waals surface area contributed by atoms with Crippen LogP contribution in [0.1, 0.15) is 0 Å². The normalized spacial score (nSPS) is 14.8. The third-order valence-corrected chi connectivity index (χ3v) is 6.80. The zero-order valence-electron chi connectivity index (χ0n) is 20.0. The summed E-state index contributed by atoms with van der Waals surface area (Å²) in [7, 11) is -4.57. The SMILES string of the molecule is O=C(Nc1ccc(S(=O)(=O)Nc2ncccn2)cc1)C(F)(F)C(F)(F)C(F)(F)C(F)(F)C(F)(F)C(F)(F)C(F)(F)C(F)(F)Cl. The highest BCUT2D eigenvalue weighted by molar-refractivity contribution is 7.92. The molecule has 0 atom stereocenters. The van der Waals surface area contributed by atoms with Crippen molar-refractivity contribution in [3.05, 3.63) is 42.7 Å². The first kappa shape index (κ1) is 36.9. The number of carbonyl (C=O) groups is 1. The van der Waals surface area contributed by atoms with E-state index in [4.69, 9.17) is 0 Å². The number of hydrogen-bond donors (Lipinski definition) is 2. The van der Waals surface area contributed by atoms with Gasteiger partial charge in [-0.15, -0.1) is 0 Å². The summed E-state index contributed by atoms with van der Waals surface area (Å²) in [4.78, 5) is 17.9. The average molecular weight is 713 g/mol. The molecule has 25 heteroatoms. The predicted molar refractivity (Wildman–Crippen MR) is 113 cm³/mol. The Morgan fingerprint density at radius 3 is 1.43 bits per heavy atom. The van der Waals surface area contributed by atoms with Crippen molar-refractivity contribution in [3.8, 4) is 0 Å². The van der Waals surface area contributed by atoms with Crippen LogP contribution in [0.15, 0.2) is 47.6 Å². The van der Waals surface area contributed by atoms with E-state index in [0.29, 0.717) is 29.6 Å². The highest BCUT2D eigenvalue weighted by atomic mass is 35.5. The maximum absolute atomic E-state index is 14.1. The van der Waals surface area contributed by atoms with Crippen molar-refractivity contribution in [2.45, 2.75) is 51.7 Å². The fraction of sp³-hybridized carbons (Fsp3) is 0.421. The van der Waals surface area contributed by atoms with Crippen molar-refractivity contribution in [1.82, 2.24) is 9.97 Å². The largest absolute Gasteiger partial charge is 0.393 e. The number of rotatable bonds is 12. The average Bonchev–Trinajstić information content (AvgIpc) is 2.87. The third kappa shape index (κ3) is 5.64. The van der Waals surface area contributed by atoms with E-state index in [1.165, 1.54) is 6.07 Å². The molecule has 2 aromatic rings. The van der Waals surface area contributed by atoms with Crippen molar-refractivity contribution in [1.29, 1.82) is 0 Å². The van der Waals surface area contributed by atoms with Crippen molar-refractivity contribution < 1.29 is 83.5 Å². The van der Waals surface area contributed by atoms with E-state index in [0.717, 1.165) is 12.4 Å². The monoisotopic (exact) mass is 712 g/mol. The number of aromatic nitrogens is 2. The first-order chi connectivity index (χ1) is 19.4. The van der Waals surface area contributed by atoms with Crippen molar-refractivity contribution in [3.63, 3.8) is 0 Å². The highest BCUT2D eigenvalue weighted by Gasteiger charge is 2.95. The van der Waals surface area contributed by atoms with E-state index in [-0.39, 0.29) is 0 Å². The first-order valence-corrected chi connectivity index (χ1v) is 12.2. The summed E-state index contributed by atoms with van der Waals surface area (Å²) in [6.45, 7) is 0. The zero-order valence-corrected chi connectivity index (χ0v) is 21.6. The second-order valence-corrected chi connectivity index (χ2v) is 10.3. The lowest BCUT2D eigenvalue weighted by Crippen LogP contribution is -2.75. The first-order valence-electron chi connectivity index (χ1n) is 10.4. The standard InChI is InChI=1S/C19H9ClF16N4O3S/c20-19(35,36)18(33,34)17(31,32)16(29,30)15(27,28)14(25,26)13(23,24)12(21,22)10(41)39-8-2-4-9(5-3-8)44(42,43)40-11-37-6-1-7-38-11/h1-7H,(H,39,41)(H,37,38,40). The molecule has 1 heterocycles. The minimum Gasteiger partial charge on any atom is -0.321 e. The number of carbonyl (C=O) groups excluding carboxylic acids is 1. The molecule has 0 aliphatic carbocycles. The molecular weight excluding hydrogens is 704 g/mol. The summed E-state index contributed by atoms with van der Waals surface area (Å²) in [5.41, 5.74) is -1.18. The van der Waals surface area contributed by atoms with E-state index in [9.17, 15) is 83.5 Å². The summed E-state index contributed by atoms with van der Waals surface area (Å²) in [5.74, 6) is -62.0. The van der Waals surface area contributed by atoms with Gasteiger partial charge in [0.15, 0.2) is 0 Å². The molecule has 1 aromatic heterocycles. The minimum atomic E-state index is -8.73. The lowest BCUT2D eigenvalue weighted by Gasteiger charge is -2.42. The Morgan fingerprint density at radius 2 is 1.02 bits per heavy atom. The van der Waals surface area contributed by atoms with E-state index in [1.807, 2.05) is 0 Å². The van der Waals surface area contributed by atoms with E-state index < -0.39 is 79.3 Å². The molecule has 0 aliphatic heterocycles. The molecule has 0 unspecified atom stereocenters. The molecule has 1 aromatic carbocycles. The number of sulfonamides is 1. The smallest absolute Gasteiger partial charge is 0.321 e. The van der Waals surface area contributed by atoms with Gasteiger partial charge in [-0.1, -0.05) is 0 Å². The van der Waals surface area contributed by atoms with Crippen molar-refractivity contribution in [2.75, 3.05) is 10.0 Å². The van der Waals surface area contributed by atoms with Crippen LogP contribution in [0, 0.1) is 0 Å². The third-order valence-electron chi connectivity index (χ3n) is 5.22. The van der Waals surface area contributed by atoms with Crippen LogP contribution < -0.4 is 10.0 Å². The molecule has 2 N–H and O–H groups in total. The van der Waals surface area contributed by atoms with Gasteiger partial charge in [-0.05, 0) is 41.9 Å². The topological polar surface area (TPSA) is 101 Å². The van der Waals surface area contributed by atoms with Crippen LogP contribution >= 0.6 is 11.6 Å². The van der Waals surface area contributed by atoms with Crippen LogP contribution in [-0.4, -0.2) is 71.1 Å². The van der Waals surface area contributed by atoms with Gasteiger partial charge in [-0.3, -0.25) is 4.79 Å². The van der Waals surface area contributed by atoms with Gasteiger partial charge >= 0.3 is 52.7 Å². The Bertz CT molecular complexity index is 1470. The number of anilines is 2. The Hall–Kier alpha value is -3.31. The van der Waals surface area contributed by atoms with Crippen LogP contribution in [0.25, 0.3) is 0 Å². The summed E-state index contributed by atoms with van der Waals surface area (Å²) in [5, 5.41) is -6.22. The fourth-order valence-electron chi connectivity index (χ4n) is 2.76. The fourth-order valence-corrected chi connectivity index (χ4v) is 3.84. The summed E-state index contributed by atoms with van der Waals surface area (Å²) in [6, 6.07) is 2.77. The molecule has 1 amide bonds. The molecule has 0 aliphatic rings. The summed E-state index contributed by atoms with van der Waals surface area (Å²) in [6.07, 6.45) is 2.16. The number of nitrogens with zero attached hydrogens (tertiary/aromatic N) is 2. The molecular formula is C19H9ClF16N4O3S. The summed E-state index contributed by atoms with van der Waals surface area (Å²) < 4.78 is 243. The van der Waals surface area contributed by atoms with Crippen LogP contribution in [0.4, 0.5) is 81.9 Å². The molecule has 0 saturated heterocycles. The predicted octanol–water partition coefficient (Wildman–Crippen LogP) is 6.49. The molecule has 0 saturated carbocycles. The Morgan fingerprint density at radius 1 is 0.636 bits per heavy atom. The maximum Gasteiger partial charge on any atom is 0.393 e. The van der Waals surface area contributed by atoms with Crippen LogP contribution in [-0.2, 0) is 14.8 Å². The summed E-state index contributed by atoms with van der Waals surface area (Å²) >= 11 is 3.44. The Labute approximate surface area is 237 Å². The molecule has 0 fully saturated rings. The van der Waals surface area contributed by atoms with Gasteiger partial charge in [0.2, 0.25) is 5.95 Å². The van der Waals surface area contributed by atoms with E-state index >= 15 is 0 Å². The quantitative estimate of drug-likeness (QED) is 0.194. The van der Waals surface area contributed by atoms with Crippen LogP contribution in [0.5, 0.6) is 0 Å². The van der Waals surface area contributed by atoms with Gasteiger partial charge in [0, 0.05) is 18.1 Å².